The second-order valence-corrected chi connectivity index (χ2v) is 6.00. The molecule has 3 rings (SSSR count). The summed E-state index contributed by atoms with van der Waals surface area (Å²) in [6.07, 6.45) is 6.27. The average Bonchev–Trinajstić information content (AvgIpc) is 3.22. The van der Waals surface area contributed by atoms with Crippen molar-refractivity contribution in [2.24, 2.45) is 4.99 Å². The zero-order valence-electron chi connectivity index (χ0n) is 16.1. The van der Waals surface area contributed by atoms with E-state index in [4.69, 9.17) is 4.74 Å². The lowest BCUT2D eigenvalue weighted by atomic mass is 10.2. The van der Waals surface area contributed by atoms with Crippen molar-refractivity contribution in [3.8, 4) is 11.6 Å². The molecule has 0 saturated carbocycles. The number of ether oxygens (including phenoxy) is 1. The molecule has 0 atom stereocenters. The van der Waals surface area contributed by atoms with Crippen LogP contribution in [0.1, 0.15) is 12.0 Å². The van der Waals surface area contributed by atoms with E-state index in [1.165, 1.54) is 12.1 Å². The maximum Gasteiger partial charge on any atom is 0.224 e. The summed E-state index contributed by atoms with van der Waals surface area (Å²) in [5.41, 5.74) is 0.839. The van der Waals surface area contributed by atoms with Crippen LogP contribution in [0, 0.1) is 5.82 Å². The molecule has 7 nitrogen and oxygen atoms in total. The van der Waals surface area contributed by atoms with E-state index in [1.807, 2.05) is 29.1 Å². The minimum absolute atomic E-state index is 0. The third-order valence-corrected chi connectivity index (χ3v) is 3.95. The van der Waals surface area contributed by atoms with E-state index in [-0.39, 0.29) is 29.8 Å². The summed E-state index contributed by atoms with van der Waals surface area (Å²) in [6.45, 7) is 2.07. The highest BCUT2D eigenvalue weighted by atomic mass is 127. The molecule has 0 aliphatic rings. The fraction of sp³-hybridized carbons (Fsp3) is 0.250. The number of nitrogens with one attached hydrogen (secondary N) is 2. The van der Waals surface area contributed by atoms with Gasteiger partial charge >= 0.3 is 0 Å². The molecule has 0 bridgehead atoms. The van der Waals surface area contributed by atoms with Gasteiger partial charge in [-0.2, -0.15) is 5.10 Å². The van der Waals surface area contributed by atoms with Crippen LogP contribution in [0.5, 0.6) is 11.6 Å². The molecule has 0 saturated heterocycles. The van der Waals surface area contributed by atoms with Crippen LogP contribution in [-0.4, -0.2) is 34.3 Å². The normalized spacial score (nSPS) is 10.9. The Morgan fingerprint density at radius 3 is 2.83 bits per heavy atom. The second-order valence-electron chi connectivity index (χ2n) is 6.00. The molecule has 0 aliphatic carbocycles. The molecule has 3 aromatic rings. The Labute approximate surface area is 186 Å². The largest absolute Gasteiger partial charge is 0.439 e. The van der Waals surface area contributed by atoms with E-state index in [2.05, 4.69) is 25.7 Å². The number of pyridine rings is 1. The summed E-state index contributed by atoms with van der Waals surface area (Å²) in [6, 6.07) is 11.6. The molecule has 0 spiro atoms. The van der Waals surface area contributed by atoms with Crippen LogP contribution in [0.15, 0.2) is 66.0 Å². The van der Waals surface area contributed by atoms with Crippen LogP contribution in [0.2, 0.25) is 0 Å². The summed E-state index contributed by atoms with van der Waals surface area (Å²) in [5.74, 6) is 1.16. The van der Waals surface area contributed by atoms with Crippen molar-refractivity contribution in [3.63, 3.8) is 0 Å². The maximum absolute atomic E-state index is 13.4. The number of aromatic nitrogens is 3. The van der Waals surface area contributed by atoms with E-state index in [9.17, 15) is 4.39 Å². The number of hydrogen-bond donors (Lipinski definition) is 2. The summed E-state index contributed by atoms with van der Waals surface area (Å²) in [5, 5.41) is 10.7. The van der Waals surface area contributed by atoms with Crippen molar-refractivity contribution in [2.75, 3.05) is 13.6 Å². The summed E-state index contributed by atoms with van der Waals surface area (Å²) in [4.78, 5) is 8.48. The van der Waals surface area contributed by atoms with Gasteiger partial charge in [0.15, 0.2) is 5.96 Å². The number of halogens is 2. The Kier molecular flexibility index (Phi) is 9.35. The highest BCUT2D eigenvalue weighted by Crippen LogP contribution is 2.23. The van der Waals surface area contributed by atoms with Crippen LogP contribution < -0.4 is 15.4 Å². The van der Waals surface area contributed by atoms with Gasteiger partial charge < -0.3 is 15.4 Å². The standard InChI is InChI=1S/C20H23FN6O.HI/c1-22-20(24-10-4-12-27-13-5-11-26-27)25-15-16-6-3-9-23-19(16)28-18-8-2-7-17(21)14-18;/h2-3,5-9,11,13-14H,4,10,12,15H2,1H3,(H2,22,24,25);1H. The molecule has 0 fully saturated rings. The predicted octanol–water partition coefficient (Wildman–Crippen LogP) is 3.58. The molecule has 0 aliphatic heterocycles. The van der Waals surface area contributed by atoms with E-state index >= 15 is 0 Å². The first kappa shape index (κ1) is 22.6. The SMILES string of the molecule is CN=C(NCCCn1cccn1)NCc1cccnc1Oc1cccc(F)c1.I. The molecular formula is C20H24FIN6O. The molecule has 9 heteroatoms. The molecule has 2 N–H and O–H groups in total. The number of benzene rings is 1. The number of aryl methyl sites for hydroxylation is 1. The van der Waals surface area contributed by atoms with Crippen molar-refractivity contribution in [1.29, 1.82) is 0 Å². The highest BCUT2D eigenvalue weighted by molar-refractivity contribution is 14.0. The Morgan fingerprint density at radius 1 is 1.17 bits per heavy atom. The third-order valence-electron chi connectivity index (χ3n) is 3.95. The van der Waals surface area contributed by atoms with Crippen molar-refractivity contribution < 1.29 is 9.13 Å². The fourth-order valence-corrected chi connectivity index (χ4v) is 2.57. The molecule has 1 aromatic carbocycles. The zero-order chi connectivity index (χ0) is 19.6. The predicted molar refractivity (Wildman–Crippen MR) is 121 cm³/mol. The van der Waals surface area contributed by atoms with Crippen molar-refractivity contribution in [3.05, 3.63) is 72.4 Å². The average molecular weight is 510 g/mol. The molecule has 0 radical (unpaired) electrons. The van der Waals surface area contributed by atoms with E-state index in [0.717, 1.165) is 25.1 Å². The van der Waals surface area contributed by atoms with Crippen LogP contribution in [-0.2, 0) is 13.1 Å². The monoisotopic (exact) mass is 510 g/mol. The molecule has 0 unspecified atom stereocenters. The summed E-state index contributed by atoms with van der Waals surface area (Å²) in [7, 11) is 1.72. The number of hydrogen-bond acceptors (Lipinski definition) is 4. The molecule has 154 valence electrons. The van der Waals surface area contributed by atoms with Crippen LogP contribution in [0.25, 0.3) is 0 Å². The topological polar surface area (TPSA) is 76.4 Å². The molecular weight excluding hydrogens is 486 g/mol. The van der Waals surface area contributed by atoms with Gasteiger partial charge in [0.25, 0.3) is 0 Å². The Hall–Kier alpha value is -2.69. The zero-order valence-corrected chi connectivity index (χ0v) is 18.4. The van der Waals surface area contributed by atoms with Crippen LogP contribution >= 0.6 is 24.0 Å². The van der Waals surface area contributed by atoms with Gasteiger partial charge in [-0.05, 0) is 30.7 Å². The maximum atomic E-state index is 13.4. The number of aliphatic imine (C=N–C) groups is 1. The first-order valence-corrected chi connectivity index (χ1v) is 9.04. The molecule has 2 heterocycles. The third kappa shape index (κ3) is 7.33. The van der Waals surface area contributed by atoms with Gasteiger partial charge in [-0.3, -0.25) is 9.67 Å². The van der Waals surface area contributed by atoms with Crippen molar-refractivity contribution >= 4 is 29.9 Å². The second kappa shape index (κ2) is 12.0. The van der Waals surface area contributed by atoms with Crippen molar-refractivity contribution in [1.82, 2.24) is 25.4 Å². The van der Waals surface area contributed by atoms with E-state index < -0.39 is 0 Å². The lowest BCUT2D eigenvalue weighted by molar-refractivity contribution is 0.450. The number of rotatable bonds is 8. The van der Waals surface area contributed by atoms with Gasteiger partial charge in [-0.25, -0.2) is 9.37 Å². The summed E-state index contributed by atoms with van der Waals surface area (Å²) < 4.78 is 21.0. The lowest BCUT2D eigenvalue weighted by Gasteiger charge is -2.14. The Morgan fingerprint density at radius 2 is 2.07 bits per heavy atom. The molecule has 0 amide bonds. The first-order chi connectivity index (χ1) is 13.7. The first-order valence-electron chi connectivity index (χ1n) is 9.04. The Balaban J connectivity index is 0.00000300. The molecule has 29 heavy (non-hydrogen) atoms. The van der Waals surface area contributed by atoms with E-state index in [0.29, 0.717) is 24.1 Å². The summed E-state index contributed by atoms with van der Waals surface area (Å²) >= 11 is 0. The Bertz CT molecular complexity index is 904. The smallest absolute Gasteiger partial charge is 0.224 e. The molecule has 2 aromatic heterocycles. The minimum atomic E-state index is -0.354. The number of guanidine groups is 1. The van der Waals surface area contributed by atoms with Gasteiger partial charge in [0.2, 0.25) is 5.88 Å². The van der Waals surface area contributed by atoms with Gasteiger partial charge in [-0.15, -0.1) is 24.0 Å². The van der Waals surface area contributed by atoms with Gasteiger partial charge in [0, 0.05) is 56.9 Å². The number of nitrogens with zero attached hydrogens (tertiary/aromatic N) is 4. The van der Waals surface area contributed by atoms with Gasteiger partial charge in [0.05, 0.1) is 0 Å². The van der Waals surface area contributed by atoms with Gasteiger partial charge in [0.1, 0.15) is 11.6 Å². The van der Waals surface area contributed by atoms with Crippen molar-refractivity contribution in [2.45, 2.75) is 19.5 Å². The van der Waals surface area contributed by atoms with Crippen LogP contribution in [0.3, 0.4) is 0 Å². The fourth-order valence-electron chi connectivity index (χ4n) is 2.57. The van der Waals surface area contributed by atoms with Crippen LogP contribution in [0.4, 0.5) is 4.39 Å². The minimum Gasteiger partial charge on any atom is -0.439 e. The quantitative estimate of drug-likeness (QED) is 0.210. The van der Waals surface area contributed by atoms with E-state index in [1.54, 1.807) is 31.6 Å². The van der Waals surface area contributed by atoms with Gasteiger partial charge in [-0.1, -0.05) is 12.1 Å². The highest BCUT2D eigenvalue weighted by Gasteiger charge is 2.08. The lowest BCUT2D eigenvalue weighted by Crippen LogP contribution is -2.37.